The van der Waals surface area contributed by atoms with E-state index in [2.05, 4.69) is 33.8 Å². The lowest BCUT2D eigenvalue weighted by Gasteiger charge is -2.36. The first kappa shape index (κ1) is 19.6. The molecule has 0 saturated carbocycles. The predicted octanol–water partition coefficient (Wildman–Crippen LogP) is 3.29. The normalized spacial score (nSPS) is 18.1. The third-order valence-corrected chi connectivity index (χ3v) is 6.12. The summed E-state index contributed by atoms with van der Waals surface area (Å²) in [5.74, 6) is 1.69. The number of ether oxygens (including phenoxy) is 1. The maximum atomic E-state index is 12.9. The summed E-state index contributed by atoms with van der Waals surface area (Å²) < 4.78 is 5.22. The molecule has 0 atom stereocenters. The number of anilines is 2. The van der Waals surface area contributed by atoms with Crippen molar-refractivity contribution in [3.63, 3.8) is 0 Å². The number of piperazine rings is 1. The van der Waals surface area contributed by atoms with Crippen LogP contribution in [0.2, 0.25) is 0 Å². The fourth-order valence-corrected chi connectivity index (χ4v) is 4.09. The van der Waals surface area contributed by atoms with E-state index in [0.29, 0.717) is 18.8 Å². The highest BCUT2D eigenvalue weighted by Gasteiger charge is 2.24. The Morgan fingerprint density at radius 3 is 2.10 bits per heavy atom. The van der Waals surface area contributed by atoms with Crippen LogP contribution in [0.4, 0.5) is 11.4 Å². The number of piperidine rings is 1. The number of carbonyl (C=O) groups excluding carboxylic acids is 1. The van der Waals surface area contributed by atoms with Gasteiger partial charge in [0.15, 0.2) is 0 Å². The molecule has 0 unspecified atom stereocenters. The molecule has 0 radical (unpaired) electrons. The molecular weight excluding hydrogens is 364 g/mol. The van der Waals surface area contributed by atoms with E-state index in [1.165, 1.54) is 12.8 Å². The highest BCUT2D eigenvalue weighted by atomic mass is 16.5. The molecule has 1 aromatic carbocycles. The van der Waals surface area contributed by atoms with Crippen LogP contribution in [0.25, 0.3) is 0 Å². The van der Waals surface area contributed by atoms with Crippen molar-refractivity contribution in [2.24, 2.45) is 5.92 Å². The molecule has 0 N–H and O–H groups in total. The van der Waals surface area contributed by atoms with Gasteiger partial charge in [0.2, 0.25) is 0 Å². The lowest BCUT2D eigenvalue weighted by Crippen LogP contribution is -2.49. The van der Waals surface area contributed by atoms with Crippen LogP contribution in [0.15, 0.2) is 42.6 Å². The summed E-state index contributed by atoms with van der Waals surface area (Å²) >= 11 is 0. The van der Waals surface area contributed by atoms with E-state index in [4.69, 9.17) is 4.74 Å². The molecule has 2 fully saturated rings. The SMILES string of the molecule is COc1ccc(N2CCN(C(=O)c3ccc(N4CCC(C)CC4)cn3)CC2)cc1. The van der Waals surface area contributed by atoms with Gasteiger partial charge in [-0.25, -0.2) is 4.98 Å². The molecule has 2 aliphatic rings. The molecular formula is C23H30N4O2. The van der Waals surface area contributed by atoms with Gasteiger partial charge in [0, 0.05) is 45.0 Å². The Balaban J connectivity index is 1.33. The zero-order chi connectivity index (χ0) is 20.2. The van der Waals surface area contributed by atoms with Gasteiger partial charge in [-0.05, 0) is 55.2 Å². The smallest absolute Gasteiger partial charge is 0.272 e. The average molecular weight is 395 g/mol. The molecule has 2 aromatic rings. The molecule has 2 aliphatic heterocycles. The monoisotopic (exact) mass is 394 g/mol. The fourth-order valence-electron chi connectivity index (χ4n) is 4.09. The molecule has 6 heteroatoms. The second kappa shape index (κ2) is 8.72. The number of nitrogens with zero attached hydrogens (tertiary/aromatic N) is 4. The van der Waals surface area contributed by atoms with Gasteiger partial charge in [-0.15, -0.1) is 0 Å². The molecule has 29 heavy (non-hydrogen) atoms. The molecule has 1 aromatic heterocycles. The highest BCUT2D eigenvalue weighted by molar-refractivity contribution is 5.92. The molecule has 0 spiro atoms. The van der Waals surface area contributed by atoms with Crippen LogP contribution in [0.5, 0.6) is 5.75 Å². The van der Waals surface area contributed by atoms with Gasteiger partial charge in [-0.2, -0.15) is 0 Å². The number of methoxy groups -OCH3 is 1. The van der Waals surface area contributed by atoms with Crippen molar-refractivity contribution in [3.05, 3.63) is 48.3 Å². The minimum Gasteiger partial charge on any atom is -0.497 e. The van der Waals surface area contributed by atoms with Crippen LogP contribution in [-0.4, -0.2) is 62.2 Å². The van der Waals surface area contributed by atoms with Gasteiger partial charge in [-0.3, -0.25) is 4.79 Å². The summed E-state index contributed by atoms with van der Waals surface area (Å²) in [6, 6.07) is 12.0. The maximum Gasteiger partial charge on any atom is 0.272 e. The van der Waals surface area contributed by atoms with E-state index in [0.717, 1.165) is 49.2 Å². The average Bonchev–Trinajstić information content (AvgIpc) is 2.79. The zero-order valence-electron chi connectivity index (χ0n) is 17.4. The van der Waals surface area contributed by atoms with Gasteiger partial charge >= 0.3 is 0 Å². The van der Waals surface area contributed by atoms with Crippen molar-refractivity contribution in [2.45, 2.75) is 19.8 Å². The molecule has 1 amide bonds. The first-order valence-corrected chi connectivity index (χ1v) is 10.5. The number of aromatic nitrogens is 1. The Labute approximate surface area is 173 Å². The van der Waals surface area contributed by atoms with Crippen LogP contribution in [0, 0.1) is 5.92 Å². The highest BCUT2D eigenvalue weighted by Crippen LogP contribution is 2.23. The van der Waals surface area contributed by atoms with Crippen LogP contribution in [-0.2, 0) is 0 Å². The van der Waals surface area contributed by atoms with Crippen molar-refractivity contribution < 1.29 is 9.53 Å². The second-order valence-electron chi connectivity index (χ2n) is 8.05. The van der Waals surface area contributed by atoms with Crippen molar-refractivity contribution in [3.8, 4) is 5.75 Å². The second-order valence-corrected chi connectivity index (χ2v) is 8.05. The Morgan fingerprint density at radius 2 is 1.52 bits per heavy atom. The van der Waals surface area contributed by atoms with E-state index in [1.807, 2.05) is 35.4 Å². The van der Waals surface area contributed by atoms with E-state index >= 15 is 0 Å². The Kier molecular flexibility index (Phi) is 5.88. The summed E-state index contributed by atoms with van der Waals surface area (Å²) in [6.07, 6.45) is 4.30. The van der Waals surface area contributed by atoms with E-state index in [1.54, 1.807) is 7.11 Å². The van der Waals surface area contributed by atoms with E-state index in [9.17, 15) is 4.79 Å². The Bertz CT molecular complexity index is 806. The third kappa shape index (κ3) is 4.47. The van der Waals surface area contributed by atoms with Crippen molar-refractivity contribution in [1.29, 1.82) is 0 Å². The Morgan fingerprint density at radius 1 is 0.897 bits per heavy atom. The number of carbonyl (C=O) groups is 1. The van der Waals surface area contributed by atoms with E-state index < -0.39 is 0 Å². The molecule has 2 saturated heterocycles. The summed E-state index contributed by atoms with van der Waals surface area (Å²) in [4.78, 5) is 23.9. The molecule has 0 aliphatic carbocycles. The molecule has 154 valence electrons. The topological polar surface area (TPSA) is 48.9 Å². The van der Waals surface area contributed by atoms with Crippen LogP contribution >= 0.6 is 0 Å². The number of amides is 1. The summed E-state index contributed by atoms with van der Waals surface area (Å²) in [5, 5.41) is 0. The number of hydrogen-bond donors (Lipinski definition) is 0. The molecule has 0 bridgehead atoms. The Hall–Kier alpha value is -2.76. The fraction of sp³-hybridized carbons (Fsp3) is 0.478. The third-order valence-electron chi connectivity index (χ3n) is 6.12. The minimum atomic E-state index is 0.0261. The first-order chi connectivity index (χ1) is 14.1. The van der Waals surface area contributed by atoms with Crippen LogP contribution in [0.1, 0.15) is 30.3 Å². The van der Waals surface area contributed by atoms with Crippen molar-refractivity contribution in [2.75, 3.05) is 56.2 Å². The van der Waals surface area contributed by atoms with Crippen molar-refractivity contribution in [1.82, 2.24) is 9.88 Å². The lowest BCUT2D eigenvalue weighted by molar-refractivity contribution is 0.0741. The largest absolute Gasteiger partial charge is 0.497 e. The predicted molar refractivity (Wildman–Crippen MR) is 116 cm³/mol. The van der Waals surface area contributed by atoms with Gasteiger partial charge in [-0.1, -0.05) is 6.92 Å². The van der Waals surface area contributed by atoms with Gasteiger partial charge in [0.25, 0.3) is 5.91 Å². The number of hydrogen-bond acceptors (Lipinski definition) is 5. The quantitative estimate of drug-likeness (QED) is 0.796. The number of benzene rings is 1. The molecule has 3 heterocycles. The van der Waals surface area contributed by atoms with Crippen LogP contribution in [0.3, 0.4) is 0 Å². The zero-order valence-corrected chi connectivity index (χ0v) is 17.4. The maximum absolute atomic E-state index is 12.9. The van der Waals surface area contributed by atoms with Gasteiger partial charge in [0.05, 0.1) is 19.0 Å². The molecule has 6 nitrogen and oxygen atoms in total. The summed E-state index contributed by atoms with van der Waals surface area (Å²) in [5.41, 5.74) is 2.83. The lowest BCUT2D eigenvalue weighted by atomic mass is 9.99. The summed E-state index contributed by atoms with van der Waals surface area (Å²) in [7, 11) is 1.67. The number of pyridine rings is 1. The molecule has 4 rings (SSSR count). The minimum absolute atomic E-state index is 0.0261. The standard InChI is InChI=1S/C23H30N4O2/c1-18-9-11-25(12-10-18)20-5-8-22(24-17-20)23(28)27-15-13-26(14-16-27)19-3-6-21(29-2)7-4-19/h3-8,17-18H,9-16H2,1-2H3. The van der Waals surface area contributed by atoms with Gasteiger partial charge in [0.1, 0.15) is 11.4 Å². The number of rotatable bonds is 4. The summed E-state index contributed by atoms with van der Waals surface area (Å²) in [6.45, 7) is 7.51. The first-order valence-electron chi connectivity index (χ1n) is 10.5. The van der Waals surface area contributed by atoms with Crippen LogP contribution < -0.4 is 14.5 Å². The van der Waals surface area contributed by atoms with Gasteiger partial charge < -0.3 is 19.4 Å². The van der Waals surface area contributed by atoms with Crippen molar-refractivity contribution >= 4 is 17.3 Å². The van der Waals surface area contributed by atoms with E-state index in [-0.39, 0.29) is 5.91 Å².